The second kappa shape index (κ2) is 10.6. The van der Waals surface area contributed by atoms with Gasteiger partial charge in [-0.2, -0.15) is 0 Å². The number of ether oxygens (including phenoxy) is 1. The molecule has 188 valence electrons. The van der Waals surface area contributed by atoms with E-state index in [0.717, 1.165) is 22.3 Å². The van der Waals surface area contributed by atoms with Crippen molar-refractivity contribution in [3.63, 3.8) is 0 Å². The van der Waals surface area contributed by atoms with Crippen molar-refractivity contribution in [2.45, 2.75) is 12.5 Å². The molecule has 9 heteroatoms. The van der Waals surface area contributed by atoms with Crippen LogP contribution in [0.2, 0.25) is 0 Å². The summed E-state index contributed by atoms with van der Waals surface area (Å²) in [4.78, 5) is 38.5. The third-order valence-corrected chi connectivity index (χ3v) is 6.84. The predicted octanol–water partition coefficient (Wildman–Crippen LogP) is 2.09. The van der Waals surface area contributed by atoms with Gasteiger partial charge in [-0.1, -0.05) is 72.8 Å². The topological polar surface area (TPSA) is 105 Å². The maximum Gasteiger partial charge on any atom is 0.561 e. The number of carbonyl (C=O) groups is 3. The Labute approximate surface area is 215 Å². The van der Waals surface area contributed by atoms with Gasteiger partial charge in [-0.3, -0.25) is 14.5 Å². The standard InChI is InChI=1S/C28H27BN2O6/c1-31-15-24(26(32)16-31)27(33)37-29(35)19-8-6-7-18(13-19)14-30-28(34)36-17-25-22-11-4-2-9-20(22)21-10-3-5-12-23(21)25/h2-13,24-25,35H,14-17H2,1H3,(H,30,34). The summed E-state index contributed by atoms with van der Waals surface area (Å²) in [5, 5.41) is 13.1. The molecule has 1 aliphatic heterocycles. The minimum atomic E-state index is -1.51. The fourth-order valence-corrected chi connectivity index (χ4v) is 5.00. The van der Waals surface area contributed by atoms with E-state index < -0.39 is 25.1 Å². The third-order valence-electron chi connectivity index (χ3n) is 6.84. The van der Waals surface area contributed by atoms with Crippen LogP contribution in [0, 0.1) is 5.92 Å². The lowest BCUT2D eigenvalue weighted by atomic mass is 9.78. The number of nitrogens with zero attached hydrogens (tertiary/aromatic N) is 1. The van der Waals surface area contributed by atoms with Crippen molar-refractivity contribution in [2.24, 2.45) is 5.92 Å². The number of carbonyl (C=O) groups excluding carboxylic acids is 3. The molecular formula is C28H27BN2O6. The van der Waals surface area contributed by atoms with E-state index in [2.05, 4.69) is 29.6 Å². The quantitative estimate of drug-likeness (QED) is 0.380. The SMILES string of the molecule is CN1CC(=O)C(C(=O)OB(O)c2cccc(CNC(=O)OCC3c4ccccc4-c4ccccc43)c2)C1. The van der Waals surface area contributed by atoms with Gasteiger partial charge in [0.2, 0.25) is 0 Å². The number of likely N-dealkylation sites (N-methyl/N-ethyl adjacent to an activating group) is 1. The zero-order valence-electron chi connectivity index (χ0n) is 20.4. The highest BCUT2D eigenvalue weighted by molar-refractivity contribution is 6.61. The smallest absolute Gasteiger partial charge is 0.505 e. The van der Waals surface area contributed by atoms with E-state index in [1.807, 2.05) is 24.3 Å². The number of alkyl carbamates (subject to hydrolysis) is 1. The van der Waals surface area contributed by atoms with Gasteiger partial charge in [0.1, 0.15) is 12.5 Å². The van der Waals surface area contributed by atoms with Gasteiger partial charge in [0.15, 0.2) is 5.78 Å². The van der Waals surface area contributed by atoms with Gasteiger partial charge in [0, 0.05) is 19.0 Å². The van der Waals surface area contributed by atoms with Gasteiger partial charge in [0.05, 0.1) is 6.54 Å². The van der Waals surface area contributed by atoms with Crippen LogP contribution in [-0.2, 0) is 25.5 Å². The highest BCUT2D eigenvalue weighted by Gasteiger charge is 2.37. The molecule has 0 bridgehead atoms. The zero-order valence-corrected chi connectivity index (χ0v) is 20.4. The summed E-state index contributed by atoms with van der Waals surface area (Å²) in [5.41, 5.74) is 5.63. The van der Waals surface area contributed by atoms with Crippen molar-refractivity contribution in [1.29, 1.82) is 0 Å². The van der Waals surface area contributed by atoms with Crippen LogP contribution < -0.4 is 10.8 Å². The Morgan fingerprint density at radius 1 is 1.03 bits per heavy atom. The first-order valence-electron chi connectivity index (χ1n) is 12.2. The molecule has 5 rings (SSSR count). The monoisotopic (exact) mass is 498 g/mol. The number of hydrogen-bond donors (Lipinski definition) is 2. The number of ketones is 1. The third kappa shape index (κ3) is 5.28. The molecule has 0 saturated carbocycles. The first-order valence-corrected chi connectivity index (χ1v) is 12.2. The molecule has 2 aliphatic rings. The highest BCUT2D eigenvalue weighted by Crippen LogP contribution is 2.44. The number of nitrogens with one attached hydrogen (secondary N) is 1. The number of likely N-dealkylation sites (tertiary alicyclic amines) is 1. The van der Waals surface area contributed by atoms with E-state index in [-0.39, 0.29) is 37.9 Å². The second-order valence-corrected chi connectivity index (χ2v) is 9.43. The molecule has 1 atom stereocenters. The summed E-state index contributed by atoms with van der Waals surface area (Å²) < 4.78 is 10.7. The fourth-order valence-electron chi connectivity index (χ4n) is 5.00. The average Bonchev–Trinajstić information content (AvgIpc) is 3.42. The molecule has 1 unspecified atom stereocenters. The molecule has 2 N–H and O–H groups in total. The van der Waals surface area contributed by atoms with Gasteiger partial charge >= 0.3 is 19.2 Å². The highest BCUT2D eigenvalue weighted by atomic mass is 16.6. The van der Waals surface area contributed by atoms with Gasteiger partial charge < -0.3 is 19.7 Å². The number of Topliss-reactive ketones (excluding diaryl/α,β-unsaturated/α-hetero) is 1. The van der Waals surface area contributed by atoms with E-state index in [4.69, 9.17) is 9.39 Å². The lowest BCUT2D eigenvalue weighted by Gasteiger charge is -2.15. The molecule has 0 aromatic heterocycles. The largest absolute Gasteiger partial charge is 0.561 e. The van der Waals surface area contributed by atoms with E-state index in [9.17, 15) is 19.4 Å². The molecule has 1 aliphatic carbocycles. The average molecular weight is 498 g/mol. The molecule has 1 fully saturated rings. The minimum Gasteiger partial charge on any atom is -0.505 e. The Kier molecular flexibility index (Phi) is 7.07. The molecule has 8 nitrogen and oxygen atoms in total. The molecule has 1 amide bonds. The summed E-state index contributed by atoms with van der Waals surface area (Å²) in [5.74, 6) is -1.89. The van der Waals surface area contributed by atoms with Crippen LogP contribution in [0.4, 0.5) is 4.79 Å². The molecule has 1 heterocycles. The Morgan fingerprint density at radius 2 is 1.70 bits per heavy atom. The summed E-state index contributed by atoms with van der Waals surface area (Å²) in [6, 6.07) is 23.0. The maximum atomic E-state index is 12.5. The van der Waals surface area contributed by atoms with Crippen LogP contribution in [0.1, 0.15) is 22.6 Å². The van der Waals surface area contributed by atoms with Gasteiger partial charge in [-0.15, -0.1) is 0 Å². The van der Waals surface area contributed by atoms with Crippen molar-refractivity contribution >= 4 is 30.4 Å². The molecule has 3 aromatic rings. The Morgan fingerprint density at radius 3 is 2.35 bits per heavy atom. The van der Waals surface area contributed by atoms with Crippen molar-refractivity contribution in [1.82, 2.24) is 10.2 Å². The van der Waals surface area contributed by atoms with Crippen LogP contribution in [0.5, 0.6) is 0 Å². The number of rotatable bonds is 7. The number of fused-ring (bicyclic) bond motifs is 3. The van der Waals surface area contributed by atoms with Crippen LogP contribution >= 0.6 is 0 Å². The number of benzene rings is 3. The Hall–Kier alpha value is -3.95. The summed E-state index contributed by atoms with van der Waals surface area (Å²) in [7, 11) is 0.231. The first kappa shape index (κ1) is 24.7. The molecule has 1 saturated heterocycles. The fraction of sp³-hybridized carbons (Fsp3) is 0.250. The van der Waals surface area contributed by atoms with Gasteiger partial charge in [-0.05, 0) is 40.3 Å². The maximum absolute atomic E-state index is 12.5. The number of amides is 1. The lowest BCUT2D eigenvalue weighted by molar-refractivity contribution is -0.142. The molecule has 0 spiro atoms. The van der Waals surface area contributed by atoms with Crippen molar-refractivity contribution in [2.75, 3.05) is 26.7 Å². The normalized spacial score (nSPS) is 16.7. The van der Waals surface area contributed by atoms with Crippen LogP contribution in [0.3, 0.4) is 0 Å². The first-order chi connectivity index (χ1) is 17.9. The Bertz CT molecular complexity index is 1300. The summed E-state index contributed by atoms with van der Waals surface area (Å²) in [6.07, 6.45) is -0.553. The van der Waals surface area contributed by atoms with Crippen molar-refractivity contribution in [3.05, 3.63) is 89.5 Å². The van der Waals surface area contributed by atoms with Crippen molar-refractivity contribution < 1.29 is 28.8 Å². The van der Waals surface area contributed by atoms with Crippen LogP contribution in [0.15, 0.2) is 72.8 Å². The van der Waals surface area contributed by atoms with Crippen LogP contribution in [-0.4, -0.2) is 61.6 Å². The van der Waals surface area contributed by atoms with E-state index in [0.29, 0.717) is 11.0 Å². The second-order valence-electron chi connectivity index (χ2n) is 9.43. The summed E-state index contributed by atoms with van der Waals surface area (Å²) in [6.45, 7) is 0.835. The van der Waals surface area contributed by atoms with Gasteiger partial charge in [0.25, 0.3) is 0 Å². The van der Waals surface area contributed by atoms with Gasteiger partial charge in [-0.25, -0.2) is 4.79 Å². The zero-order chi connectivity index (χ0) is 25.9. The number of hydrogen-bond acceptors (Lipinski definition) is 7. The van der Waals surface area contributed by atoms with E-state index in [1.165, 1.54) is 0 Å². The van der Waals surface area contributed by atoms with E-state index >= 15 is 0 Å². The van der Waals surface area contributed by atoms with Crippen molar-refractivity contribution in [3.8, 4) is 11.1 Å². The summed E-state index contributed by atoms with van der Waals surface area (Å²) >= 11 is 0. The molecule has 0 radical (unpaired) electrons. The molecule has 3 aromatic carbocycles. The Balaban J connectivity index is 1.15. The lowest BCUT2D eigenvalue weighted by Crippen LogP contribution is -2.39. The molecule has 37 heavy (non-hydrogen) atoms. The van der Waals surface area contributed by atoms with Crippen LogP contribution in [0.25, 0.3) is 11.1 Å². The predicted molar refractivity (Wildman–Crippen MR) is 138 cm³/mol. The molecular weight excluding hydrogens is 471 g/mol. The minimum absolute atomic E-state index is 0.0298. The van der Waals surface area contributed by atoms with E-state index in [1.54, 1.807) is 36.2 Å².